The van der Waals surface area contributed by atoms with Gasteiger partial charge in [0.1, 0.15) is 0 Å². The fourth-order valence-corrected chi connectivity index (χ4v) is 4.15. The molecule has 0 heterocycles. The van der Waals surface area contributed by atoms with Crippen molar-refractivity contribution in [2.24, 2.45) is 17.8 Å². The lowest BCUT2D eigenvalue weighted by molar-refractivity contribution is 0.00796. The summed E-state index contributed by atoms with van der Waals surface area (Å²) in [6.45, 7) is 5.41. The first-order valence-corrected chi connectivity index (χ1v) is 9.11. The van der Waals surface area contributed by atoms with Gasteiger partial charge in [0.2, 0.25) is 0 Å². The zero-order valence-electron chi connectivity index (χ0n) is 13.7. The smallest absolute Gasteiger partial charge is 0.0575 e. The van der Waals surface area contributed by atoms with Gasteiger partial charge in [-0.05, 0) is 82.0 Å². The summed E-state index contributed by atoms with van der Waals surface area (Å²) in [7, 11) is 0. The van der Waals surface area contributed by atoms with Crippen LogP contribution in [0.15, 0.2) is 12.2 Å². The first-order valence-electron chi connectivity index (χ1n) is 9.11. The fourth-order valence-electron chi connectivity index (χ4n) is 4.15. The van der Waals surface area contributed by atoms with Gasteiger partial charge in [-0.25, -0.2) is 0 Å². The molecule has 0 unspecified atom stereocenters. The third-order valence-electron chi connectivity index (χ3n) is 5.40. The highest BCUT2D eigenvalue weighted by Gasteiger charge is 2.30. The van der Waals surface area contributed by atoms with Crippen LogP contribution >= 0.6 is 0 Å². The van der Waals surface area contributed by atoms with Gasteiger partial charge in [-0.1, -0.05) is 26.0 Å². The molecule has 0 amide bonds. The van der Waals surface area contributed by atoms with Crippen LogP contribution in [0, 0.1) is 17.8 Å². The molecular formula is C19H34O. The van der Waals surface area contributed by atoms with Crippen LogP contribution in [0.2, 0.25) is 0 Å². The van der Waals surface area contributed by atoms with E-state index in [1.807, 2.05) is 0 Å². The minimum Gasteiger partial charge on any atom is -0.378 e. The van der Waals surface area contributed by atoms with Crippen molar-refractivity contribution in [3.05, 3.63) is 12.2 Å². The summed E-state index contributed by atoms with van der Waals surface area (Å²) in [6, 6.07) is 0. The van der Waals surface area contributed by atoms with Crippen molar-refractivity contribution in [1.29, 1.82) is 0 Å². The van der Waals surface area contributed by atoms with Gasteiger partial charge in [0.25, 0.3) is 0 Å². The van der Waals surface area contributed by atoms with Gasteiger partial charge in [-0.3, -0.25) is 0 Å². The highest BCUT2D eigenvalue weighted by atomic mass is 16.5. The van der Waals surface area contributed by atoms with Crippen molar-refractivity contribution in [3.8, 4) is 0 Å². The average Bonchev–Trinajstić information content (AvgIpc) is 2.52. The standard InChI is InChI=1S/C19H34O/c1-3-5-6-16-7-9-17(10-8-16)18-11-13-19(14-12-18)20-15-4-2/h5-6,16-19H,3-4,7-15H2,1-2H3. The molecule has 1 heteroatoms. The lowest BCUT2D eigenvalue weighted by Crippen LogP contribution is -2.28. The molecule has 0 spiro atoms. The monoisotopic (exact) mass is 278 g/mol. The summed E-state index contributed by atoms with van der Waals surface area (Å²) in [6.07, 6.45) is 19.1. The van der Waals surface area contributed by atoms with E-state index in [0.29, 0.717) is 6.10 Å². The first kappa shape index (κ1) is 16.1. The van der Waals surface area contributed by atoms with Gasteiger partial charge in [0.05, 0.1) is 6.10 Å². The Bertz CT molecular complexity index is 267. The van der Waals surface area contributed by atoms with E-state index in [1.165, 1.54) is 57.8 Å². The van der Waals surface area contributed by atoms with Crippen LogP contribution in [0.4, 0.5) is 0 Å². The van der Waals surface area contributed by atoms with Crippen LogP contribution in [0.3, 0.4) is 0 Å². The zero-order valence-corrected chi connectivity index (χ0v) is 13.7. The Kier molecular flexibility index (Phi) is 7.13. The van der Waals surface area contributed by atoms with Gasteiger partial charge in [-0.15, -0.1) is 0 Å². The Morgan fingerprint density at radius 3 is 2.00 bits per heavy atom. The van der Waals surface area contributed by atoms with Crippen molar-refractivity contribution in [2.45, 2.75) is 84.2 Å². The largest absolute Gasteiger partial charge is 0.378 e. The third-order valence-corrected chi connectivity index (χ3v) is 5.40. The quantitative estimate of drug-likeness (QED) is 0.562. The van der Waals surface area contributed by atoms with Crippen molar-refractivity contribution in [3.63, 3.8) is 0 Å². The number of hydrogen-bond acceptors (Lipinski definition) is 1. The average molecular weight is 278 g/mol. The zero-order chi connectivity index (χ0) is 14.2. The summed E-state index contributed by atoms with van der Waals surface area (Å²) >= 11 is 0. The van der Waals surface area contributed by atoms with E-state index in [0.717, 1.165) is 30.8 Å². The maximum Gasteiger partial charge on any atom is 0.0575 e. The maximum atomic E-state index is 5.92. The third kappa shape index (κ3) is 4.91. The van der Waals surface area contributed by atoms with E-state index in [2.05, 4.69) is 26.0 Å². The Hall–Kier alpha value is -0.300. The van der Waals surface area contributed by atoms with Crippen LogP contribution in [-0.4, -0.2) is 12.7 Å². The molecule has 2 rings (SSSR count). The normalized spacial score (nSPS) is 35.5. The predicted octanol–water partition coefficient (Wildman–Crippen LogP) is 5.74. The second-order valence-corrected chi connectivity index (χ2v) is 6.92. The molecule has 2 saturated carbocycles. The molecule has 0 aromatic rings. The minimum atomic E-state index is 0.579. The van der Waals surface area contributed by atoms with Gasteiger partial charge in [-0.2, -0.15) is 0 Å². The molecule has 116 valence electrons. The van der Waals surface area contributed by atoms with Gasteiger partial charge < -0.3 is 4.74 Å². The highest BCUT2D eigenvalue weighted by Crippen LogP contribution is 2.40. The van der Waals surface area contributed by atoms with Crippen molar-refractivity contribution in [2.75, 3.05) is 6.61 Å². The summed E-state index contributed by atoms with van der Waals surface area (Å²) in [5.74, 6) is 2.91. The van der Waals surface area contributed by atoms with Gasteiger partial charge in [0, 0.05) is 6.61 Å². The van der Waals surface area contributed by atoms with Crippen LogP contribution in [-0.2, 0) is 4.74 Å². The summed E-state index contributed by atoms with van der Waals surface area (Å²) in [4.78, 5) is 0. The van der Waals surface area contributed by atoms with E-state index in [4.69, 9.17) is 4.74 Å². The van der Waals surface area contributed by atoms with Crippen molar-refractivity contribution in [1.82, 2.24) is 0 Å². The van der Waals surface area contributed by atoms with Crippen LogP contribution in [0.25, 0.3) is 0 Å². The van der Waals surface area contributed by atoms with E-state index < -0.39 is 0 Å². The molecule has 20 heavy (non-hydrogen) atoms. The van der Waals surface area contributed by atoms with E-state index in [-0.39, 0.29) is 0 Å². The second-order valence-electron chi connectivity index (χ2n) is 6.92. The molecule has 0 bridgehead atoms. The predicted molar refractivity (Wildman–Crippen MR) is 86.9 cm³/mol. The lowest BCUT2D eigenvalue weighted by Gasteiger charge is -2.37. The Morgan fingerprint density at radius 2 is 1.45 bits per heavy atom. The Morgan fingerprint density at radius 1 is 0.850 bits per heavy atom. The molecule has 0 radical (unpaired) electrons. The van der Waals surface area contributed by atoms with Crippen LogP contribution in [0.1, 0.15) is 78.1 Å². The molecule has 2 fully saturated rings. The van der Waals surface area contributed by atoms with Gasteiger partial charge in [0.15, 0.2) is 0 Å². The summed E-state index contributed by atoms with van der Waals surface area (Å²) in [5.41, 5.74) is 0. The van der Waals surface area contributed by atoms with Crippen molar-refractivity contribution >= 4 is 0 Å². The number of rotatable bonds is 6. The van der Waals surface area contributed by atoms with E-state index in [1.54, 1.807) is 0 Å². The first-order chi connectivity index (χ1) is 9.83. The van der Waals surface area contributed by atoms with Crippen LogP contribution in [0.5, 0.6) is 0 Å². The van der Waals surface area contributed by atoms with Crippen LogP contribution < -0.4 is 0 Å². The number of allylic oxidation sites excluding steroid dienone is 2. The van der Waals surface area contributed by atoms with Gasteiger partial charge >= 0.3 is 0 Å². The molecule has 0 saturated heterocycles. The number of hydrogen-bond donors (Lipinski definition) is 0. The van der Waals surface area contributed by atoms with Crippen molar-refractivity contribution < 1.29 is 4.74 Å². The summed E-state index contributed by atoms with van der Waals surface area (Å²) in [5, 5.41) is 0. The molecule has 2 aliphatic carbocycles. The lowest BCUT2D eigenvalue weighted by atomic mass is 9.70. The molecular weight excluding hydrogens is 244 g/mol. The number of ether oxygens (including phenoxy) is 1. The van der Waals surface area contributed by atoms with E-state index >= 15 is 0 Å². The molecule has 0 N–H and O–H groups in total. The SMILES string of the molecule is CCC=CC1CCC(C2CCC(OCCC)CC2)CC1. The molecule has 2 aliphatic rings. The topological polar surface area (TPSA) is 9.23 Å². The molecule has 0 aromatic carbocycles. The second kappa shape index (κ2) is 8.87. The molecule has 0 atom stereocenters. The highest BCUT2D eigenvalue weighted by molar-refractivity contribution is 4.92. The molecule has 0 aromatic heterocycles. The molecule has 1 nitrogen and oxygen atoms in total. The Balaban J connectivity index is 1.66. The fraction of sp³-hybridized carbons (Fsp3) is 0.895. The van der Waals surface area contributed by atoms with E-state index in [9.17, 15) is 0 Å². The molecule has 0 aliphatic heterocycles. The summed E-state index contributed by atoms with van der Waals surface area (Å²) < 4.78 is 5.92. The maximum absolute atomic E-state index is 5.92. The minimum absolute atomic E-state index is 0.579. The Labute approximate surface area is 126 Å².